The van der Waals surface area contributed by atoms with E-state index in [4.69, 9.17) is 0 Å². The van der Waals surface area contributed by atoms with Crippen molar-refractivity contribution in [3.63, 3.8) is 0 Å². The predicted molar refractivity (Wildman–Crippen MR) is 108 cm³/mol. The molecular weight excluding hydrogens is 378 g/mol. The molecule has 2 aromatic rings. The average Bonchev–Trinajstić information content (AvgIpc) is 3.01. The molecule has 7 nitrogen and oxygen atoms in total. The van der Waals surface area contributed by atoms with Crippen LogP contribution in [0.4, 0.5) is 10.5 Å². The third kappa shape index (κ3) is 5.82. The SMILES string of the molecule is O=C(Nc1cccc(C(=O)NCCc2ccccc2)c1)N[C@H]1CCS(=O)(=O)C1. The highest BCUT2D eigenvalue weighted by atomic mass is 32.2. The number of hydrogen-bond acceptors (Lipinski definition) is 4. The van der Waals surface area contributed by atoms with Gasteiger partial charge in [0.1, 0.15) is 0 Å². The van der Waals surface area contributed by atoms with Gasteiger partial charge in [-0.3, -0.25) is 4.79 Å². The van der Waals surface area contributed by atoms with Crippen molar-refractivity contribution in [1.82, 2.24) is 10.6 Å². The highest BCUT2D eigenvalue weighted by molar-refractivity contribution is 7.91. The molecule has 0 spiro atoms. The molecule has 2 aromatic carbocycles. The molecule has 3 amide bonds. The molecule has 0 unspecified atom stereocenters. The first kappa shape index (κ1) is 19.9. The molecule has 1 heterocycles. The standard InChI is InChI=1S/C20H23N3O4S/c24-19(21-11-9-15-5-2-1-3-6-15)16-7-4-8-17(13-16)22-20(25)23-18-10-12-28(26,27)14-18/h1-8,13,18H,9-12,14H2,(H,21,24)(H2,22,23,25)/t18-/m0/s1. The topological polar surface area (TPSA) is 104 Å². The minimum atomic E-state index is -3.06. The van der Waals surface area contributed by atoms with Gasteiger partial charge in [-0.25, -0.2) is 13.2 Å². The first-order valence-electron chi connectivity index (χ1n) is 9.11. The smallest absolute Gasteiger partial charge is 0.319 e. The number of amides is 3. The lowest BCUT2D eigenvalue weighted by Crippen LogP contribution is -2.38. The molecule has 3 rings (SSSR count). The average molecular weight is 401 g/mol. The van der Waals surface area contributed by atoms with Gasteiger partial charge in [0.05, 0.1) is 11.5 Å². The Morgan fingerprint density at radius 1 is 1.04 bits per heavy atom. The molecule has 1 aliphatic heterocycles. The van der Waals surface area contributed by atoms with Gasteiger partial charge in [0.2, 0.25) is 0 Å². The predicted octanol–water partition coefficient (Wildman–Crippen LogP) is 1.97. The minimum absolute atomic E-state index is 0.0374. The monoisotopic (exact) mass is 401 g/mol. The molecule has 3 N–H and O–H groups in total. The summed E-state index contributed by atoms with van der Waals surface area (Å²) < 4.78 is 22.9. The summed E-state index contributed by atoms with van der Waals surface area (Å²) in [6.07, 6.45) is 1.15. The van der Waals surface area contributed by atoms with Crippen molar-refractivity contribution in [3.05, 3.63) is 65.7 Å². The zero-order valence-electron chi connectivity index (χ0n) is 15.4. The van der Waals surface area contributed by atoms with Crippen molar-refractivity contribution in [2.75, 3.05) is 23.4 Å². The van der Waals surface area contributed by atoms with E-state index in [2.05, 4.69) is 16.0 Å². The van der Waals surface area contributed by atoms with Gasteiger partial charge in [-0.2, -0.15) is 0 Å². The van der Waals surface area contributed by atoms with E-state index in [0.717, 1.165) is 12.0 Å². The third-order valence-corrected chi connectivity index (χ3v) is 6.26. The van der Waals surface area contributed by atoms with E-state index in [1.54, 1.807) is 24.3 Å². The van der Waals surface area contributed by atoms with Crippen molar-refractivity contribution >= 4 is 27.5 Å². The van der Waals surface area contributed by atoms with Gasteiger partial charge in [-0.05, 0) is 36.6 Å². The quantitative estimate of drug-likeness (QED) is 0.688. The van der Waals surface area contributed by atoms with Crippen LogP contribution in [0.1, 0.15) is 22.3 Å². The molecule has 8 heteroatoms. The van der Waals surface area contributed by atoms with E-state index in [1.807, 2.05) is 30.3 Å². The number of hydrogen-bond donors (Lipinski definition) is 3. The number of carbonyl (C=O) groups is 2. The van der Waals surface area contributed by atoms with E-state index >= 15 is 0 Å². The summed E-state index contributed by atoms with van der Waals surface area (Å²) in [5.74, 6) is -0.164. The fourth-order valence-electron chi connectivity index (χ4n) is 3.07. The van der Waals surface area contributed by atoms with Gasteiger partial charge in [-0.15, -0.1) is 0 Å². The molecule has 0 aromatic heterocycles. The van der Waals surface area contributed by atoms with Crippen molar-refractivity contribution in [1.29, 1.82) is 0 Å². The van der Waals surface area contributed by atoms with Crippen LogP contribution in [-0.2, 0) is 16.3 Å². The number of benzene rings is 2. The first-order valence-corrected chi connectivity index (χ1v) is 10.9. The molecule has 0 aliphatic carbocycles. The zero-order valence-corrected chi connectivity index (χ0v) is 16.2. The van der Waals surface area contributed by atoms with E-state index < -0.39 is 15.9 Å². The number of urea groups is 1. The fourth-order valence-corrected chi connectivity index (χ4v) is 4.74. The first-order chi connectivity index (χ1) is 13.4. The maximum atomic E-state index is 12.3. The lowest BCUT2D eigenvalue weighted by Gasteiger charge is -2.13. The Balaban J connectivity index is 1.50. The largest absolute Gasteiger partial charge is 0.352 e. The fraction of sp³-hybridized carbons (Fsp3) is 0.300. The zero-order chi connectivity index (χ0) is 20.0. The third-order valence-electron chi connectivity index (χ3n) is 4.49. The van der Waals surface area contributed by atoms with Gasteiger partial charge in [0, 0.05) is 23.8 Å². The lowest BCUT2D eigenvalue weighted by molar-refractivity contribution is 0.0954. The summed E-state index contributed by atoms with van der Waals surface area (Å²) >= 11 is 0. The molecule has 1 fully saturated rings. The van der Waals surface area contributed by atoms with Crippen molar-refractivity contribution < 1.29 is 18.0 Å². The summed E-state index contributed by atoms with van der Waals surface area (Å²) in [6.45, 7) is 0.511. The Morgan fingerprint density at radius 2 is 1.82 bits per heavy atom. The number of nitrogens with one attached hydrogen (secondary N) is 3. The maximum Gasteiger partial charge on any atom is 0.319 e. The summed E-state index contributed by atoms with van der Waals surface area (Å²) in [6, 6.07) is 15.6. The molecule has 1 aliphatic rings. The molecule has 0 saturated carbocycles. The Bertz CT molecular complexity index is 945. The van der Waals surface area contributed by atoms with Crippen molar-refractivity contribution in [2.45, 2.75) is 18.9 Å². The van der Waals surface area contributed by atoms with Crippen LogP contribution in [0.15, 0.2) is 54.6 Å². The summed E-state index contributed by atoms with van der Waals surface area (Å²) in [4.78, 5) is 24.4. The van der Waals surface area contributed by atoms with Gasteiger partial charge in [0.15, 0.2) is 9.84 Å². The van der Waals surface area contributed by atoms with Crippen LogP contribution in [0.25, 0.3) is 0 Å². The molecule has 28 heavy (non-hydrogen) atoms. The number of anilines is 1. The molecule has 148 valence electrons. The van der Waals surface area contributed by atoms with Crippen molar-refractivity contribution in [2.24, 2.45) is 0 Å². The van der Waals surface area contributed by atoms with Crippen LogP contribution in [-0.4, -0.2) is 44.4 Å². The lowest BCUT2D eigenvalue weighted by atomic mass is 10.1. The number of carbonyl (C=O) groups excluding carboxylic acids is 2. The van der Waals surface area contributed by atoms with Gasteiger partial charge < -0.3 is 16.0 Å². The van der Waals surface area contributed by atoms with Gasteiger partial charge >= 0.3 is 6.03 Å². The number of rotatable bonds is 6. The van der Waals surface area contributed by atoms with E-state index in [0.29, 0.717) is 24.2 Å². The summed E-state index contributed by atoms with van der Waals surface area (Å²) in [7, 11) is -3.06. The maximum absolute atomic E-state index is 12.3. The Hall–Kier alpha value is -2.87. The second kappa shape index (κ2) is 8.88. The van der Waals surface area contributed by atoms with Crippen molar-refractivity contribution in [3.8, 4) is 0 Å². The van der Waals surface area contributed by atoms with E-state index in [-0.39, 0.29) is 23.5 Å². The Morgan fingerprint density at radius 3 is 2.54 bits per heavy atom. The second-order valence-corrected chi connectivity index (χ2v) is 9.00. The van der Waals surface area contributed by atoms with E-state index in [1.165, 1.54) is 0 Å². The van der Waals surface area contributed by atoms with Crippen LogP contribution in [0.5, 0.6) is 0 Å². The molecule has 0 bridgehead atoms. The second-order valence-electron chi connectivity index (χ2n) is 6.77. The highest BCUT2D eigenvalue weighted by Crippen LogP contribution is 2.13. The minimum Gasteiger partial charge on any atom is -0.352 e. The molecule has 0 radical (unpaired) electrons. The molecule has 1 atom stereocenters. The van der Waals surface area contributed by atoms with Gasteiger partial charge in [0.25, 0.3) is 5.91 Å². The Labute approximate surface area is 164 Å². The molecule has 1 saturated heterocycles. The normalized spacial score (nSPS) is 17.6. The van der Waals surface area contributed by atoms with Crippen LogP contribution >= 0.6 is 0 Å². The Kier molecular flexibility index (Phi) is 6.30. The number of sulfone groups is 1. The van der Waals surface area contributed by atoms with Crippen LogP contribution < -0.4 is 16.0 Å². The van der Waals surface area contributed by atoms with Crippen LogP contribution in [0.2, 0.25) is 0 Å². The van der Waals surface area contributed by atoms with E-state index in [9.17, 15) is 18.0 Å². The summed E-state index contributed by atoms with van der Waals surface area (Å²) in [5.41, 5.74) is 2.05. The van der Waals surface area contributed by atoms with Crippen LogP contribution in [0.3, 0.4) is 0 Å². The van der Waals surface area contributed by atoms with Gasteiger partial charge in [-0.1, -0.05) is 36.4 Å². The van der Waals surface area contributed by atoms with Crippen LogP contribution in [0, 0.1) is 0 Å². The highest BCUT2D eigenvalue weighted by Gasteiger charge is 2.28. The molecular formula is C20H23N3O4S. The summed E-state index contributed by atoms with van der Waals surface area (Å²) in [5, 5.41) is 8.16.